The van der Waals surface area contributed by atoms with E-state index in [1.807, 2.05) is 43.3 Å². The first-order chi connectivity index (χ1) is 12.4. The molecule has 0 saturated carbocycles. The van der Waals surface area contributed by atoms with Gasteiger partial charge in [-0.2, -0.15) is 0 Å². The summed E-state index contributed by atoms with van der Waals surface area (Å²) in [4.78, 5) is 12.3. The molecule has 1 N–H and O–H groups in total. The highest BCUT2D eigenvalue weighted by Crippen LogP contribution is 2.26. The Bertz CT molecular complexity index is 740. The predicted molar refractivity (Wildman–Crippen MR) is 105 cm³/mol. The van der Waals surface area contributed by atoms with Crippen molar-refractivity contribution in [2.45, 2.75) is 46.6 Å². The van der Waals surface area contributed by atoms with Gasteiger partial charge < -0.3 is 14.8 Å². The van der Waals surface area contributed by atoms with Gasteiger partial charge in [0.25, 0.3) is 5.91 Å². The van der Waals surface area contributed by atoms with E-state index in [1.165, 1.54) is 5.56 Å². The number of carbonyl (C=O) groups excluding carboxylic acids is 1. The van der Waals surface area contributed by atoms with E-state index in [9.17, 15) is 4.79 Å². The van der Waals surface area contributed by atoms with Gasteiger partial charge in [-0.15, -0.1) is 0 Å². The third-order valence-electron chi connectivity index (χ3n) is 4.20. The van der Waals surface area contributed by atoms with Gasteiger partial charge in [-0.1, -0.05) is 49.7 Å². The maximum atomic E-state index is 12.3. The molecule has 2 aromatic rings. The Kier molecular flexibility index (Phi) is 7.07. The van der Waals surface area contributed by atoms with E-state index in [1.54, 1.807) is 6.92 Å². The minimum Gasteiger partial charge on any atom is -0.491 e. The minimum atomic E-state index is -0.559. The summed E-state index contributed by atoms with van der Waals surface area (Å²) in [6.07, 6.45) is -0.559. The lowest BCUT2D eigenvalue weighted by molar-refractivity contribution is -0.127. The molecule has 1 unspecified atom stereocenters. The topological polar surface area (TPSA) is 47.6 Å². The molecule has 1 atom stereocenters. The lowest BCUT2D eigenvalue weighted by atomic mass is 10.0. The van der Waals surface area contributed by atoms with E-state index < -0.39 is 6.10 Å². The summed E-state index contributed by atoms with van der Waals surface area (Å²) in [5.41, 5.74) is 3.40. The van der Waals surface area contributed by atoms with Crippen molar-refractivity contribution >= 4 is 5.91 Å². The molecule has 2 aromatic carbocycles. The van der Waals surface area contributed by atoms with E-state index in [-0.39, 0.29) is 5.91 Å². The molecular weight excluding hydrogens is 326 g/mol. The fourth-order valence-corrected chi connectivity index (χ4v) is 2.75. The quantitative estimate of drug-likeness (QED) is 0.715. The van der Waals surface area contributed by atoms with E-state index in [4.69, 9.17) is 9.47 Å². The Morgan fingerprint density at radius 1 is 1.04 bits per heavy atom. The molecule has 1 amide bonds. The molecule has 26 heavy (non-hydrogen) atoms. The average molecular weight is 355 g/mol. The smallest absolute Gasteiger partial charge is 0.260 e. The Balaban J connectivity index is 1.80. The first kappa shape index (κ1) is 19.8. The zero-order chi connectivity index (χ0) is 19.1. The van der Waals surface area contributed by atoms with Crippen LogP contribution >= 0.6 is 0 Å². The maximum absolute atomic E-state index is 12.3. The summed E-state index contributed by atoms with van der Waals surface area (Å²) in [6, 6.07) is 13.9. The van der Waals surface area contributed by atoms with Gasteiger partial charge in [-0.3, -0.25) is 4.79 Å². The number of benzene rings is 2. The van der Waals surface area contributed by atoms with Crippen LogP contribution in [0.5, 0.6) is 11.5 Å². The molecule has 0 aliphatic carbocycles. The second-order valence-electron chi connectivity index (χ2n) is 6.86. The standard InChI is InChI=1S/C22H29NO3/c1-15(2)19-8-6-7-9-21(19)26-18(5)22(24)23-12-13-25-20-11-10-16(3)14-17(20)4/h6-11,14-15,18H,12-13H2,1-5H3,(H,23,24). The highest BCUT2D eigenvalue weighted by molar-refractivity contribution is 5.80. The molecule has 0 saturated heterocycles. The normalized spacial score (nSPS) is 11.9. The van der Waals surface area contributed by atoms with Crippen molar-refractivity contribution in [3.63, 3.8) is 0 Å². The van der Waals surface area contributed by atoms with Crippen LogP contribution in [0.3, 0.4) is 0 Å². The SMILES string of the molecule is Cc1ccc(OCCNC(=O)C(C)Oc2ccccc2C(C)C)c(C)c1. The monoisotopic (exact) mass is 355 g/mol. The highest BCUT2D eigenvalue weighted by atomic mass is 16.5. The summed E-state index contributed by atoms with van der Waals surface area (Å²) >= 11 is 0. The number of carbonyl (C=O) groups is 1. The Labute approximate surface area is 156 Å². The van der Waals surface area contributed by atoms with Gasteiger partial charge in [0.2, 0.25) is 0 Å². The molecule has 0 bridgehead atoms. The second-order valence-corrected chi connectivity index (χ2v) is 6.86. The predicted octanol–water partition coefficient (Wildman–Crippen LogP) is 4.39. The molecular formula is C22H29NO3. The Morgan fingerprint density at radius 3 is 2.46 bits per heavy atom. The lowest BCUT2D eigenvalue weighted by Crippen LogP contribution is -2.38. The second kappa shape index (κ2) is 9.27. The fraction of sp³-hybridized carbons (Fsp3) is 0.409. The Morgan fingerprint density at radius 2 is 1.77 bits per heavy atom. The summed E-state index contributed by atoms with van der Waals surface area (Å²) in [5, 5.41) is 2.86. The van der Waals surface area contributed by atoms with Crippen LogP contribution in [-0.4, -0.2) is 25.2 Å². The van der Waals surface area contributed by atoms with Crippen molar-refractivity contribution < 1.29 is 14.3 Å². The van der Waals surface area contributed by atoms with Gasteiger partial charge >= 0.3 is 0 Å². The Hall–Kier alpha value is -2.49. The van der Waals surface area contributed by atoms with Gasteiger partial charge in [-0.05, 0) is 49.9 Å². The number of para-hydroxylation sites is 1. The van der Waals surface area contributed by atoms with Crippen molar-refractivity contribution in [3.05, 3.63) is 59.2 Å². The van der Waals surface area contributed by atoms with Crippen LogP contribution in [0, 0.1) is 13.8 Å². The van der Waals surface area contributed by atoms with Gasteiger partial charge in [0, 0.05) is 0 Å². The molecule has 0 spiro atoms. The fourth-order valence-electron chi connectivity index (χ4n) is 2.75. The van der Waals surface area contributed by atoms with Crippen molar-refractivity contribution in [1.29, 1.82) is 0 Å². The summed E-state index contributed by atoms with van der Waals surface area (Å²) in [7, 11) is 0. The highest BCUT2D eigenvalue weighted by Gasteiger charge is 2.16. The summed E-state index contributed by atoms with van der Waals surface area (Å²) in [6.45, 7) is 10.9. The van der Waals surface area contributed by atoms with Crippen LogP contribution in [0.4, 0.5) is 0 Å². The molecule has 140 valence electrons. The number of hydrogen-bond donors (Lipinski definition) is 1. The van der Waals surface area contributed by atoms with Crippen LogP contribution in [0.1, 0.15) is 43.4 Å². The number of hydrogen-bond acceptors (Lipinski definition) is 3. The first-order valence-electron chi connectivity index (χ1n) is 9.12. The van der Waals surface area contributed by atoms with Gasteiger partial charge in [-0.25, -0.2) is 0 Å². The molecule has 4 nitrogen and oxygen atoms in total. The van der Waals surface area contributed by atoms with Crippen LogP contribution in [-0.2, 0) is 4.79 Å². The van der Waals surface area contributed by atoms with Crippen molar-refractivity contribution in [2.24, 2.45) is 0 Å². The number of rotatable bonds is 8. The lowest BCUT2D eigenvalue weighted by Gasteiger charge is -2.19. The largest absolute Gasteiger partial charge is 0.491 e. The molecule has 0 heterocycles. The molecule has 0 fully saturated rings. The van der Waals surface area contributed by atoms with Crippen molar-refractivity contribution in [2.75, 3.05) is 13.2 Å². The summed E-state index contributed by atoms with van der Waals surface area (Å²) in [5.74, 6) is 1.80. The van der Waals surface area contributed by atoms with Crippen LogP contribution in [0.15, 0.2) is 42.5 Å². The molecule has 0 aliphatic rings. The van der Waals surface area contributed by atoms with Crippen molar-refractivity contribution in [1.82, 2.24) is 5.32 Å². The molecule has 0 radical (unpaired) electrons. The maximum Gasteiger partial charge on any atom is 0.260 e. The van der Waals surface area contributed by atoms with E-state index in [0.717, 1.165) is 22.6 Å². The van der Waals surface area contributed by atoms with E-state index in [0.29, 0.717) is 19.1 Å². The zero-order valence-corrected chi connectivity index (χ0v) is 16.3. The number of amides is 1. The van der Waals surface area contributed by atoms with E-state index >= 15 is 0 Å². The van der Waals surface area contributed by atoms with Gasteiger partial charge in [0.15, 0.2) is 6.10 Å². The first-order valence-corrected chi connectivity index (χ1v) is 9.12. The number of aryl methyl sites for hydroxylation is 2. The third-order valence-corrected chi connectivity index (χ3v) is 4.20. The van der Waals surface area contributed by atoms with Crippen LogP contribution in [0.2, 0.25) is 0 Å². The zero-order valence-electron chi connectivity index (χ0n) is 16.3. The molecule has 4 heteroatoms. The summed E-state index contributed by atoms with van der Waals surface area (Å²) < 4.78 is 11.6. The average Bonchev–Trinajstić information content (AvgIpc) is 2.60. The molecule has 0 aromatic heterocycles. The van der Waals surface area contributed by atoms with Crippen molar-refractivity contribution in [3.8, 4) is 11.5 Å². The number of ether oxygens (including phenoxy) is 2. The number of nitrogens with one attached hydrogen (secondary N) is 1. The third kappa shape index (κ3) is 5.51. The van der Waals surface area contributed by atoms with Gasteiger partial charge in [0.05, 0.1) is 6.54 Å². The molecule has 2 rings (SSSR count). The van der Waals surface area contributed by atoms with Crippen LogP contribution < -0.4 is 14.8 Å². The van der Waals surface area contributed by atoms with Crippen LogP contribution in [0.25, 0.3) is 0 Å². The minimum absolute atomic E-state index is 0.146. The van der Waals surface area contributed by atoms with Gasteiger partial charge in [0.1, 0.15) is 18.1 Å². The van der Waals surface area contributed by atoms with E-state index in [2.05, 4.69) is 32.2 Å². The molecule has 0 aliphatic heterocycles.